The molecule has 0 bridgehead atoms. The highest BCUT2D eigenvalue weighted by atomic mass is 15.0. The van der Waals surface area contributed by atoms with E-state index in [-0.39, 0.29) is 0 Å². The van der Waals surface area contributed by atoms with Crippen LogP contribution in [-0.4, -0.2) is 19.9 Å². The zero-order valence-corrected chi connectivity index (χ0v) is 15.0. The van der Waals surface area contributed by atoms with Gasteiger partial charge in [-0.1, -0.05) is 18.2 Å². The molecule has 0 aliphatic rings. The minimum Gasteiger partial charge on any atom is -0.361 e. The van der Waals surface area contributed by atoms with E-state index in [0.29, 0.717) is 0 Å². The van der Waals surface area contributed by atoms with Gasteiger partial charge in [-0.25, -0.2) is 9.97 Å². The van der Waals surface area contributed by atoms with Crippen LogP contribution in [0.3, 0.4) is 0 Å². The van der Waals surface area contributed by atoms with Crippen LogP contribution in [0.25, 0.3) is 34.0 Å². The molecule has 0 fully saturated rings. The van der Waals surface area contributed by atoms with Crippen molar-refractivity contribution in [3.63, 3.8) is 0 Å². The third-order valence-electron chi connectivity index (χ3n) is 4.61. The highest BCUT2D eigenvalue weighted by molar-refractivity contribution is 5.93. The molecule has 3 heterocycles. The van der Waals surface area contributed by atoms with Gasteiger partial charge < -0.3 is 10.3 Å². The van der Waals surface area contributed by atoms with E-state index in [4.69, 9.17) is 0 Å². The topological polar surface area (TPSA) is 66.5 Å². The standard InChI is InChI=1S/C23H17N5/c1-2-11-24-18(3-1)6-4-16-5-8-22-20(13-16)23(27-15-26-22)28-19-7-9-21-17(14-19)10-12-25-21/h1-15,25H,(H,26,27,28)/b6-4+. The lowest BCUT2D eigenvalue weighted by Gasteiger charge is -2.09. The van der Waals surface area contributed by atoms with Crippen molar-refractivity contribution in [3.8, 4) is 0 Å². The Morgan fingerprint density at radius 2 is 1.86 bits per heavy atom. The number of hydrogen-bond acceptors (Lipinski definition) is 4. The summed E-state index contributed by atoms with van der Waals surface area (Å²) in [6.07, 6.45) is 9.36. The number of aromatic amines is 1. The molecule has 3 aromatic heterocycles. The fourth-order valence-corrected chi connectivity index (χ4v) is 3.20. The number of hydrogen-bond donors (Lipinski definition) is 2. The summed E-state index contributed by atoms with van der Waals surface area (Å²) in [4.78, 5) is 16.4. The Kier molecular flexibility index (Phi) is 4.03. The van der Waals surface area contributed by atoms with E-state index in [1.165, 1.54) is 0 Å². The third-order valence-corrected chi connectivity index (χ3v) is 4.61. The molecule has 0 aliphatic carbocycles. The maximum Gasteiger partial charge on any atom is 0.141 e. The minimum absolute atomic E-state index is 0.785. The molecule has 2 N–H and O–H groups in total. The van der Waals surface area contributed by atoms with Crippen LogP contribution < -0.4 is 5.32 Å². The fourth-order valence-electron chi connectivity index (χ4n) is 3.20. The molecule has 0 radical (unpaired) electrons. The molecule has 5 heteroatoms. The summed E-state index contributed by atoms with van der Waals surface area (Å²) in [5.41, 5.74) is 4.99. The van der Waals surface area contributed by atoms with Crippen LogP contribution in [0, 0.1) is 0 Å². The lowest BCUT2D eigenvalue weighted by molar-refractivity contribution is 1.22. The summed E-state index contributed by atoms with van der Waals surface area (Å²) in [7, 11) is 0. The van der Waals surface area contributed by atoms with Crippen LogP contribution >= 0.6 is 0 Å². The van der Waals surface area contributed by atoms with Crippen LogP contribution in [-0.2, 0) is 0 Å². The highest BCUT2D eigenvalue weighted by Gasteiger charge is 2.06. The first-order chi connectivity index (χ1) is 13.8. The zero-order valence-electron chi connectivity index (χ0n) is 15.0. The average molecular weight is 363 g/mol. The molecule has 0 aliphatic heterocycles. The van der Waals surface area contributed by atoms with Gasteiger partial charge >= 0.3 is 0 Å². The third kappa shape index (κ3) is 3.21. The lowest BCUT2D eigenvalue weighted by Crippen LogP contribution is -1.96. The Bertz CT molecular complexity index is 1290. The van der Waals surface area contributed by atoms with Crippen molar-refractivity contribution in [3.05, 3.63) is 90.6 Å². The maximum atomic E-state index is 4.46. The van der Waals surface area contributed by atoms with Crippen LogP contribution in [0.15, 0.2) is 79.4 Å². The van der Waals surface area contributed by atoms with Gasteiger partial charge in [0.15, 0.2) is 0 Å². The van der Waals surface area contributed by atoms with E-state index in [9.17, 15) is 0 Å². The molecule has 0 atom stereocenters. The second kappa shape index (κ2) is 6.96. The number of fused-ring (bicyclic) bond motifs is 2. The Morgan fingerprint density at radius 1 is 0.857 bits per heavy atom. The second-order valence-corrected chi connectivity index (χ2v) is 6.49. The molecular weight excluding hydrogens is 346 g/mol. The van der Waals surface area contributed by atoms with Crippen LogP contribution in [0.4, 0.5) is 11.5 Å². The first kappa shape index (κ1) is 16.2. The molecule has 0 saturated heterocycles. The number of pyridine rings is 1. The van der Waals surface area contributed by atoms with Crippen molar-refractivity contribution in [2.45, 2.75) is 0 Å². The summed E-state index contributed by atoms with van der Waals surface area (Å²) < 4.78 is 0. The fraction of sp³-hybridized carbons (Fsp3) is 0. The maximum absolute atomic E-state index is 4.46. The molecule has 134 valence electrons. The Morgan fingerprint density at radius 3 is 2.79 bits per heavy atom. The van der Waals surface area contributed by atoms with Gasteiger partial charge in [0.25, 0.3) is 0 Å². The Labute approximate surface area is 161 Å². The normalized spacial score (nSPS) is 11.4. The van der Waals surface area contributed by atoms with E-state index in [0.717, 1.165) is 44.6 Å². The van der Waals surface area contributed by atoms with Gasteiger partial charge in [0.05, 0.1) is 11.2 Å². The Balaban J connectivity index is 1.50. The minimum atomic E-state index is 0.785. The number of nitrogens with zero attached hydrogens (tertiary/aromatic N) is 3. The summed E-state index contributed by atoms with van der Waals surface area (Å²) in [5.74, 6) is 0.785. The number of H-pyrrole nitrogens is 1. The van der Waals surface area contributed by atoms with E-state index in [1.54, 1.807) is 12.5 Å². The van der Waals surface area contributed by atoms with E-state index < -0.39 is 0 Å². The summed E-state index contributed by atoms with van der Waals surface area (Å²) >= 11 is 0. The predicted octanol–water partition coefficient (Wildman–Crippen LogP) is 5.42. The largest absolute Gasteiger partial charge is 0.361 e. The highest BCUT2D eigenvalue weighted by Crippen LogP contribution is 2.26. The monoisotopic (exact) mass is 363 g/mol. The van der Waals surface area contributed by atoms with Crippen LogP contribution in [0.5, 0.6) is 0 Å². The van der Waals surface area contributed by atoms with E-state index in [2.05, 4.69) is 49.5 Å². The first-order valence-corrected chi connectivity index (χ1v) is 9.03. The molecule has 0 spiro atoms. The van der Waals surface area contributed by atoms with Gasteiger partial charge in [0.1, 0.15) is 12.1 Å². The number of anilines is 2. The molecule has 0 amide bonds. The van der Waals surface area contributed by atoms with Crippen LogP contribution in [0.2, 0.25) is 0 Å². The molecule has 0 unspecified atom stereocenters. The predicted molar refractivity (Wildman–Crippen MR) is 114 cm³/mol. The molecule has 2 aromatic carbocycles. The zero-order chi connectivity index (χ0) is 18.8. The van der Waals surface area contributed by atoms with Crippen LogP contribution in [0.1, 0.15) is 11.3 Å². The summed E-state index contributed by atoms with van der Waals surface area (Å²) in [6.45, 7) is 0. The van der Waals surface area contributed by atoms with Crippen molar-refractivity contribution in [1.29, 1.82) is 0 Å². The van der Waals surface area contributed by atoms with Gasteiger partial charge in [-0.05, 0) is 60.2 Å². The lowest BCUT2D eigenvalue weighted by atomic mass is 10.1. The molecule has 5 nitrogen and oxygen atoms in total. The Hall–Kier alpha value is -3.99. The number of aromatic nitrogens is 4. The number of rotatable bonds is 4. The molecule has 0 saturated carbocycles. The van der Waals surface area contributed by atoms with Crippen molar-refractivity contribution in [1.82, 2.24) is 19.9 Å². The number of nitrogens with one attached hydrogen (secondary N) is 2. The molecule has 5 rings (SSSR count). The van der Waals surface area contributed by atoms with Crippen molar-refractivity contribution in [2.24, 2.45) is 0 Å². The van der Waals surface area contributed by atoms with E-state index >= 15 is 0 Å². The van der Waals surface area contributed by atoms with Crippen molar-refractivity contribution >= 4 is 45.5 Å². The van der Waals surface area contributed by atoms with Crippen molar-refractivity contribution in [2.75, 3.05) is 5.32 Å². The molecule has 28 heavy (non-hydrogen) atoms. The van der Waals surface area contributed by atoms with Gasteiger partial charge in [0, 0.05) is 34.4 Å². The first-order valence-electron chi connectivity index (χ1n) is 9.03. The quantitative estimate of drug-likeness (QED) is 0.447. The van der Waals surface area contributed by atoms with Crippen molar-refractivity contribution < 1.29 is 0 Å². The average Bonchev–Trinajstić information content (AvgIpc) is 3.21. The summed E-state index contributed by atoms with van der Waals surface area (Å²) in [6, 6.07) is 20.3. The molecular formula is C23H17N5. The van der Waals surface area contributed by atoms with Gasteiger partial charge in [-0.2, -0.15) is 0 Å². The van der Waals surface area contributed by atoms with Gasteiger partial charge in [-0.15, -0.1) is 0 Å². The number of benzene rings is 2. The molecule has 5 aromatic rings. The van der Waals surface area contributed by atoms with E-state index in [1.807, 2.05) is 54.7 Å². The van der Waals surface area contributed by atoms with Gasteiger partial charge in [0.2, 0.25) is 0 Å². The second-order valence-electron chi connectivity index (χ2n) is 6.49. The summed E-state index contributed by atoms with van der Waals surface area (Å²) in [5, 5.41) is 5.56. The van der Waals surface area contributed by atoms with Gasteiger partial charge in [-0.3, -0.25) is 4.98 Å². The smallest absolute Gasteiger partial charge is 0.141 e. The SMILES string of the molecule is C(=C\c1ccccn1)/c1ccc2ncnc(Nc3ccc4[nH]ccc4c3)c2c1.